The van der Waals surface area contributed by atoms with Gasteiger partial charge in [-0.05, 0) is 60.9 Å². The van der Waals surface area contributed by atoms with Crippen LogP contribution in [0.15, 0.2) is 96.6 Å². The molecule has 3 aromatic carbocycles. The Kier molecular flexibility index (Phi) is 9.53. The van der Waals surface area contributed by atoms with Crippen LogP contribution in [0.3, 0.4) is 0 Å². The molecule has 37 heavy (non-hydrogen) atoms. The highest BCUT2D eigenvalue weighted by atomic mass is 16.5. The summed E-state index contributed by atoms with van der Waals surface area (Å²) in [6.07, 6.45) is 8.08. The first-order chi connectivity index (χ1) is 18.1. The first-order valence-corrected chi connectivity index (χ1v) is 13.1. The molecule has 0 heterocycles. The van der Waals surface area contributed by atoms with E-state index in [0.29, 0.717) is 13.1 Å². The molecule has 0 fully saturated rings. The second-order valence-electron chi connectivity index (χ2n) is 9.49. The van der Waals surface area contributed by atoms with Crippen LogP contribution in [0, 0.1) is 0 Å². The summed E-state index contributed by atoms with van der Waals surface area (Å²) < 4.78 is 5.30. The van der Waals surface area contributed by atoms with Crippen molar-refractivity contribution < 1.29 is 14.3 Å². The molecular weight excluding hydrogens is 460 g/mol. The van der Waals surface area contributed by atoms with Crippen LogP contribution in [0.25, 0.3) is 0 Å². The van der Waals surface area contributed by atoms with Crippen molar-refractivity contribution in [2.75, 3.05) is 13.7 Å². The molecule has 4 rings (SSSR count). The highest BCUT2D eigenvalue weighted by molar-refractivity contribution is 5.89. The number of ether oxygens (including phenoxy) is 1. The lowest BCUT2D eigenvalue weighted by Crippen LogP contribution is -2.44. The maximum absolute atomic E-state index is 13.8. The van der Waals surface area contributed by atoms with Crippen molar-refractivity contribution in [1.82, 2.24) is 10.2 Å². The van der Waals surface area contributed by atoms with E-state index in [1.807, 2.05) is 84.9 Å². The third-order valence-corrected chi connectivity index (χ3v) is 6.84. The van der Waals surface area contributed by atoms with E-state index in [-0.39, 0.29) is 18.2 Å². The van der Waals surface area contributed by atoms with Crippen LogP contribution >= 0.6 is 0 Å². The predicted molar refractivity (Wildman–Crippen MR) is 147 cm³/mol. The zero-order valence-corrected chi connectivity index (χ0v) is 21.6. The fourth-order valence-corrected chi connectivity index (χ4v) is 4.81. The summed E-state index contributed by atoms with van der Waals surface area (Å²) in [6, 6.07) is 26.2. The molecule has 0 saturated heterocycles. The smallest absolute Gasteiger partial charge is 0.247 e. The number of nitrogens with zero attached hydrogens (tertiary/aromatic N) is 1. The van der Waals surface area contributed by atoms with E-state index in [9.17, 15) is 9.59 Å². The van der Waals surface area contributed by atoms with Gasteiger partial charge in [-0.25, -0.2) is 0 Å². The molecule has 5 nitrogen and oxygen atoms in total. The van der Waals surface area contributed by atoms with Gasteiger partial charge in [-0.15, -0.1) is 0 Å². The molecule has 2 amide bonds. The average Bonchev–Trinajstić information content (AvgIpc) is 2.95. The molecule has 0 spiro atoms. The van der Waals surface area contributed by atoms with Crippen LogP contribution < -0.4 is 10.1 Å². The molecule has 0 radical (unpaired) electrons. The predicted octanol–water partition coefficient (Wildman–Crippen LogP) is 6.01. The van der Waals surface area contributed by atoms with Gasteiger partial charge in [-0.3, -0.25) is 9.59 Å². The maximum Gasteiger partial charge on any atom is 0.247 e. The third kappa shape index (κ3) is 7.56. The second kappa shape index (κ2) is 13.4. The number of methoxy groups -OCH3 is 1. The topological polar surface area (TPSA) is 58.6 Å². The van der Waals surface area contributed by atoms with Crippen molar-refractivity contribution in [2.24, 2.45) is 0 Å². The molecule has 5 heteroatoms. The quantitative estimate of drug-likeness (QED) is 0.331. The molecule has 1 aliphatic carbocycles. The van der Waals surface area contributed by atoms with Crippen molar-refractivity contribution in [2.45, 2.75) is 51.1 Å². The lowest BCUT2D eigenvalue weighted by molar-refractivity contribution is -0.141. The summed E-state index contributed by atoms with van der Waals surface area (Å²) in [5.41, 5.74) is 4.07. The highest BCUT2D eigenvalue weighted by Gasteiger charge is 2.31. The van der Waals surface area contributed by atoms with Gasteiger partial charge in [0.15, 0.2) is 0 Å². The normalized spacial score (nSPS) is 13.8. The van der Waals surface area contributed by atoms with E-state index in [1.165, 1.54) is 18.4 Å². The number of nitrogens with one attached hydrogen (secondary N) is 1. The Balaban J connectivity index is 1.60. The number of amides is 2. The van der Waals surface area contributed by atoms with Gasteiger partial charge in [-0.1, -0.05) is 84.4 Å². The summed E-state index contributed by atoms with van der Waals surface area (Å²) in [5, 5.41) is 3.14. The molecule has 0 aromatic heterocycles. The maximum atomic E-state index is 13.8. The summed E-state index contributed by atoms with van der Waals surface area (Å²) >= 11 is 0. The SMILES string of the molecule is COc1ccc(CN(C(=O)Cc2ccccc2)[C@@H](C(=O)NCCC2=CCCCC2)c2ccccc2)cc1. The Hall–Kier alpha value is -3.86. The number of hydrogen-bond acceptors (Lipinski definition) is 3. The van der Waals surface area contributed by atoms with E-state index in [2.05, 4.69) is 11.4 Å². The molecular formula is C32H36N2O3. The Morgan fingerprint density at radius 3 is 2.24 bits per heavy atom. The molecule has 3 aromatic rings. The number of carbonyl (C=O) groups excluding carboxylic acids is 2. The Bertz CT molecular complexity index is 1170. The molecule has 0 saturated carbocycles. The largest absolute Gasteiger partial charge is 0.497 e. The van der Waals surface area contributed by atoms with E-state index in [1.54, 1.807) is 12.0 Å². The second-order valence-corrected chi connectivity index (χ2v) is 9.49. The molecule has 0 aliphatic heterocycles. The Morgan fingerprint density at radius 1 is 0.892 bits per heavy atom. The van der Waals surface area contributed by atoms with E-state index < -0.39 is 6.04 Å². The monoisotopic (exact) mass is 496 g/mol. The summed E-state index contributed by atoms with van der Waals surface area (Å²) in [4.78, 5) is 29.2. The third-order valence-electron chi connectivity index (χ3n) is 6.84. The van der Waals surface area contributed by atoms with Gasteiger partial charge in [0.25, 0.3) is 0 Å². The fourth-order valence-electron chi connectivity index (χ4n) is 4.81. The van der Waals surface area contributed by atoms with Gasteiger partial charge in [-0.2, -0.15) is 0 Å². The Morgan fingerprint density at radius 2 is 1.59 bits per heavy atom. The number of allylic oxidation sites excluding steroid dienone is 1. The molecule has 1 aliphatic rings. The number of benzene rings is 3. The van der Waals surface area contributed by atoms with Gasteiger partial charge < -0.3 is 15.0 Å². The highest BCUT2D eigenvalue weighted by Crippen LogP contribution is 2.26. The minimum absolute atomic E-state index is 0.0963. The van der Waals surface area contributed by atoms with Crippen molar-refractivity contribution in [3.8, 4) is 5.75 Å². The van der Waals surface area contributed by atoms with E-state index >= 15 is 0 Å². The van der Waals surface area contributed by atoms with Crippen molar-refractivity contribution >= 4 is 11.8 Å². The van der Waals surface area contributed by atoms with Gasteiger partial charge >= 0.3 is 0 Å². The standard InChI is InChI=1S/C32H36N2O3/c1-37-29-19-17-27(18-20-29)24-34(30(35)23-26-13-7-3-8-14-26)31(28-15-9-4-10-16-28)32(36)33-22-21-25-11-5-2-6-12-25/h3-4,7-11,13-20,31H,2,5-6,12,21-24H2,1H3,(H,33,36)/t31-/m1/s1. The van der Waals surface area contributed by atoms with Gasteiger partial charge in [0.2, 0.25) is 11.8 Å². The first kappa shape index (κ1) is 26.2. The molecule has 1 atom stereocenters. The van der Waals surface area contributed by atoms with Crippen LogP contribution in [0.2, 0.25) is 0 Å². The van der Waals surface area contributed by atoms with Crippen molar-refractivity contribution in [3.63, 3.8) is 0 Å². The van der Waals surface area contributed by atoms with Gasteiger partial charge in [0, 0.05) is 13.1 Å². The van der Waals surface area contributed by atoms with Crippen molar-refractivity contribution in [3.05, 3.63) is 113 Å². The first-order valence-electron chi connectivity index (χ1n) is 13.1. The number of rotatable bonds is 11. The minimum Gasteiger partial charge on any atom is -0.497 e. The summed E-state index contributed by atoms with van der Waals surface area (Å²) in [7, 11) is 1.63. The average molecular weight is 497 g/mol. The minimum atomic E-state index is -0.736. The molecule has 0 bridgehead atoms. The molecule has 1 N–H and O–H groups in total. The Labute approximate surface area is 220 Å². The number of hydrogen-bond donors (Lipinski definition) is 1. The van der Waals surface area contributed by atoms with Crippen LogP contribution in [-0.2, 0) is 22.6 Å². The van der Waals surface area contributed by atoms with Crippen LogP contribution in [0.1, 0.15) is 54.8 Å². The molecule has 192 valence electrons. The lowest BCUT2D eigenvalue weighted by atomic mass is 9.97. The molecule has 0 unspecified atom stereocenters. The van der Waals surface area contributed by atoms with Crippen LogP contribution in [0.5, 0.6) is 5.75 Å². The fraction of sp³-hybridized carbons (Fsp3) is 0.312. The lowest BCUT2D eigenvalue weighted by Gasteiger charge is -2.32. The van der Waals surface area contributed by atoms with Gasteiger partial charge in [0.05, 0.1) is 13.5 Å². The number of carbonyl (C=O) groups is 2. The van der Waals surface area contributed by atoms with E-state index in [4.69, 9.17) is 4.74 Å². The van der Waals surface area contributed by atoms with Crippen LogP contribution in [-0.4, -0.2) is 30.4 Å². The van der Waals surface area contributed by atoms with Crippen LogP contribution in [0.4, 0.5) is 0 Å². The van der Waals surface area contributed by atoms with Crippen molar-refractivity contribution in [1.29, 1.82) is 0 Å². The van der Waals surface area contributed by atoms with Gasteiger partial charge in [0.1, 0.15) is 11.8 Å². The summed E-state index contributed by atoms with van der Waals surface area (Å²) in [5.74, 6) is 0.499. The zero-order valence-electron chi connectivity index (χ0n) is 21.6. The van der Waals surface area contributed by atoms with E-state index in [0.717, 1.165) is 41.7 Å². The summed E-state index contributed by atoms with van der Waals surface area (Å²) in [6.45, 7) is 0.880. The zero-order chi connectivity index (χ0) is 25.9.